The second kappa shape index (κ2) is 6.76. The van der Waals surface area contributed by atoms with Gasteiger partial charge in [-0.15, -0.1) is 0 Å². The fourth-order valence-electron chi connectivity index (χ4n) is 2.22. The zero-order valence-electron chi connectivity index (χ0n) is 13.2. The Balaban J connectivity index is 1.82. The topological polar surface area (TPSA) is 64.4 Å². The van der Waals surface area contributed by atoms with Gasteiger partial charge < -0.3 is 14.6 Å². The first-order valence-corrected chi connectivity index (χ1v) is 7.64. The lowest BCUT2D eigenvalue weighted by Crippen LogP contribution is -2.13. The van der Waals surface area contributed by atoms with Crippen molar-refractivity contribution in [3.63, 3.8) is 0 Å². The predicted molar refractivity (Wildman–Crippen MR) is 92.6 cm³/mol. The number of amides is 1. The van der Waals surface area contributed by atoms with Gasteiger partial charge in [0.2, 0.25) is 0 Å². The molecule has 0 spiro atoms. The summed E-state index contributed by atoms with van der Waals surface area (Å²) in [7, 11) is 1.59. The summed E-state index contributed by atoms with van der Waals surface area (Å²) in [5, 5.41) is 7.21. The molecule has 0 fully saturated rings. The number of carbonyl (C=O) groups is 1. The lowest BCUT2D eigenvalue weighted by Gasteiger charge is -2.07. The maximum absolute atomic E-state index is 12.3. The Hall–Kier alpha value is -2.79. The molecule has 122 valence electrons. The van der Waals surface area contributed by atoms with Gasteiger partial charge in [-0.2, -0.15) is 0 Å². The maximum atomic E-state index is 12.3. The Kier molecular flexibility index (Phi) is 4.53. The van der Waals surface area contributed by atoms with Crippen LogP contribution < -0.4 is 10.1 Å². The Morgan fingerprint density at radius 3 is 2.79 bits per heavy atom. The van der Waals surface area contributed by atoms with Gasteiger partial charge in [0.25, 0.3) is 5.91 Å². The lowest BCUT2D eigenvalue weighted by atomic mass is 10.1. The molecule has 1 heterocycles. The molecule has 1 amide bonds. The van der Waals surface area contributed by atoms with Crippen LogP contribution in [0.3, 0.4) is 0 Å². The molecule has 0 bridgehead atoms. The minimum Gasteiger partial charge on any atom is -0.497 e. The van der Waals surface area contributed by atoms with E-state index in [1.807, 2.05) is 31.2 Å². The third-order valence-corrected chi connectivity index (χ3v) is 4.02. The van der Waals surface area contributed by atoms with Crippen molar-refractivity contribution in [2.24, 2.45) is 0 Å². The summed E-state index contributed by atoms with van der Waals surface area (Å²) in [4.78, 5) is 12.3. The van der Waals surface area contributed by atoms with Gasteiger partial charge in [-0.1, -0.05) is 35.0 Å². The van der Waals surface area contributed by atoms with Gasteiger partial charge in [0.05, 0.1) is 7.11 Å². The molecular weight excluding hydrogens is 328 g/mol. The van der Waals surface area contributed by atoms with E-state index in [0.717, 1.165) is 11.1 Å². The SMILES string of the molecule is COc1cccc(-c2cc(C(=O)Nc3cccc(Cl)c3C)no2)c1. The normalized spacial score (nSPS) is 10.5. The molecule has 3 rings (SSSR count). The zero-order chi connectivity index (χ0) is 17.1. The van der Waals surface area contributed by atoms with Crippen LogP contribution in [-0.2, 0) is 0 Å². The minimum absolute atomic E-state index is 0.187. The number of hydrogen-bond donors (Lipinski definition) is 1. The molecule has 6 heteroatoms. The van der Waals surface area contributed by atoms with Gasteiger partial charge in [0.15, 0.2) is 11.5 Å². The average Bonchev–Trinajstić information content (AvgIpc) is 3.09. The van der Waals surface area contributed by atoms with Gasteiger partial charge in [0.1, 0.15) is 5.75 Å². The van der Waals surface area contributed by atoms with E-state index in [-0.39, 0.29) is 11.6 Å². The highest BCUT2D eigenvalue weighted by atomic mass is 35.5. The fraction of sp³-hybridized carbons (Fsp3) is 0.111. The number of nitrogens with one attached hydrogen (secondary N) is 1. The summed E-state index contributed by atoms with van der Waals surface area (Å²) in [6.45, 7) is 1.84. The van der Waals surface area contributed by atoms with Crippen molar-refractivity contribution in [1.29, 1.82) is 0 Å². The molecule has 0 aliphatic carbocycles. The van der Waals surface area contributed by atoms with Crippen LogP contribution in [0.25, 0.3) is 11.3 Å². The number of benzene rings is 2. The van der Waals surface area contributed by atoms with E-state index >= 15 is 0 Å². The van der Waals surface area contributed by atoms with E-state index in [4.69, 9.17) is 20.9 Å². The number of nitrogens with zero attached hydrogens (tertiary/aromatic N) is 1. The Labute approximate surface area is 144 Å². The molecule has 24 heavy (non-hydrogen) atoms. The van der Waals surface area contributed by atoms with Crippen LogP contribution in [0.1, 0.15) is 16.1 Å². The molecule has 3 aromatic rings. The largest absolute Gasteiger partial charge is 0.497 e. The third kappa shape index (κ3) is 3.26. The van der Waals surface area contributed by atoms with Gasteiger partial charge in [-0.25, -0.2) is 0 Å². The Bertz CT molecular complexity index is 889. The standard InChI is InChI=1S/C18H15ClN2O3/c1-11-14(19)7-4-8-15(11)20-18(22)16-10-17(24-21-16)12-5-3-6-13(9-12)23-2/h3-10H,1-2H3,(H,20,22). The quantitative estimate of drug-likeness (QED) is 0.754. The summed E-state index contributed by atoms with van der Waals surface area (Å²) in [5.41, 5.74) is 2.40. The highest BCUT2D eigenvalue weighted by Gasteiger charge is 2.15. The fourth-order valence-corrected chi connectivity index (χ4v) is 2.40. The number of rotatable bonds is 4. The van der Waals surface area contributed by atoms with Crippen molar-refractivity contribution < 1.29 is 14.1 Å². The summed E-state index contributed by atoms with van der Waals surface area (Å²) >= 11 is 6.06. The van der Waals surface area contributed by atoms with Gasteiger partial charge in [-0.3, -0.25) is 4.79 Å². The summed E-state index contributed by atoms with van der Waals surface area (Å²) in [6, 6.07) is 14.2. The molecule has 0 radical (unpaired) electrons. The number of hydrogen-bond acceptors (Lipinski definition) is 4. The first kappa shape index (κ1) is 16.1. The van der Waals surface area contributed by atoms with E-state index in [9.17, 15) is 4.79 Å². The van der Waals surface area contributed by atoms with Crippen LogP contribution in [0, 0.1) is 6.92 Å². The molecule has 1 N–H and O–H groups in total. The molecule has 5 nitrogen and oxygen atoms in total. The van der Waals surface area contributed by atoms with E-state index in [0.29, 0.717) is 22.2 Å². The minimum atomic E-state index is -0.363. The van der Waals surface area contributed by atoms with Crippen molar-refractivity contribution in [2.45, 2.75) is 6.92 Å². The first-order valence-electron chi connectivity index (χ1n) is 7.26. The smallest absolute Gasteiger partial charge is 0.277 e. The van der Waals surface area contributed by atoms with Crippen LogP contribution in [-0.4, -0.2) is 18.2 Å². The average molecular weight is 343 g/mol. The Morgan fingerprint density at radius 1 is 1.21 bits per heavy atom. The molecule has 0 aliphatic heterocycles. The molecule has 2 aromatic carbocycles. The monoisotopic (exact) mass is 342 g/mol. The number of methoxy groups -OCH3 is 1. The summed E-state index contributed by atoms with van der Waals surface area (Å²) in [5.74, 6) is 0.824. The van der Waals surface area contributed by atoms with E-state index in [1.54, 1.807) is 31.4 Å². The van der Waals surface area contributed by atoms with Crippen molar-refractivity contribution in [3.05, 3.63) is 64.8 Å². The molecule has 0 atom stereocenters. The second-order valence-electron chi connectivity index (χ2n) is 5.17. The van der Waals surface area contributed by atoms with Crippen molar-refractivity contribution >= 4 is 23.2 Å². The molecule has 0 unspecified atom stereocenters. The lowest BCUT2D eigenvalue weighted by molar-refractivity contribution is 0.101. The van der Waals surface area contributed by atoms with E-state index in [1.165, 1.54) is 0 Å². The van der Waals surface area contributed by atoms with Crippen LogP contribution in [0.15, 0.2) is 53.1 Å². The first-order chi connectivity index (χ1) is 11.6. The van der Waals surface area contributed by atoms with Crippen molar-refractivity contribution in [3.8, 4) is 17.1 Å². The van der Waals surface area contributed by atoms with E-state index in [2.05, 4.69) is 10.5 Å². The highest BCUT2D eigenvalue weighted by Crippen LogP contribution is 2.26. The number of aromatic nitrogens is 1. The van der Waals surface area contributed by atoms with Crippen LogP contribution >= 0.6 is 11.6 Å². The Morgan fingerprint density at radius 2 is 2.00 bits per heavy atom. The van der Waals surface area contributed by atoms with Crippen molar-refractivity contribution in [2.75, 3.05) is 12.4 Å². The molecule has 0 aliphatic rings. The highest BCUT2D eigenvalue weighted by molar-refractivity contribution is 6.31. The zero-order valence-corrected chi connectivity index (χ0v) is 13.9. The van der Waals surface area contributed by atoms with Crippen LogP contribution in [0.2, 0.25) is 5.02 Å². The molecular formula is C18H15ClN2O3. The van der Waals surface area contributed by atoms with Gasteiger partial charge in [-0.05, 0) is 36.8 Å². The van der Waals surface area contributed by atoms with Crippen LogP contribution in [0.5, 0.6) is 5.75 Å². The molecule has 0 saturated heterocycles. The predicted octanol–water partition coefficient (Wildman–Crippen LogP) is 4.56. The van der Waals surface area contributed by atoms with Crippen LogP contribution in [0.4, 0.5) is 5.69 Å². The van der Waals surface area contributed by atoms with Gasteiger partial charge >= 0.3 is 0 Å². The number of ether oxygens (including phenoxy) is 1. The van der Waals surface area contributed by atoms with Crippen molar-refractivity contribution in [1.82, 2.24) is 5.16 Å². The maximum Gasteiger partial charge on any atom is 0.277 e. The number of anilines is 1. The number of carbonyl (C=O) groups excluding carboxylic acids is 1. The summed E-state index contributed by atoms with van der Waals surface area (Å²) < 4.78 is 10.5. The van der Waals surface area contributed by atoms with Gasteiger partial charge in [0, 0.05) is 22.3 Å². The van der Waals surface area contributed by atoms with E-state index < -0.39 is 0 Å². The summed E-state index contributed by atoms with van der Waals surface area (Å²) in [6.07, 6.45) is 0. The molecule has 1 aromatic heterocycles. The second-order valence-corrected chi connectivity index (χ2v) is 5.58. The number of halogens is 1. The molecule has 0 saturated carbocycles. The third-order valence-electron chi connectivity index (χ3n) is 3.61.